The monoisotopic (exact) mass is 245 g/mol. The van der Waals surface area contributed by atoms with Crippen molar-refractivity contribution in [3.05, 3.63) is 30.2 Å². The van der Waals surface area contributed by atoms with Crippen molar-refractivity contribution in [2.75, 3.05) is 19.8 Å². The normalized spacial score (nSPS) is 16.1. The van der Waals surface area contributed by atoms with Crippen LogP contribution in [0.3, 0.4) is 0 Å². The third kappa shape index (κ3) is 3.15. The molecule has 0 fully saturated rings. The van der Waals surface area contributed by atoms with E-state index in [0.29, 0.717) is 0 Å². The van der Waals surface area contributed by atoms with Gasteiger partial charge in [-0.25, -0.2) is 0 Å². The molecular formula is C12H20O3Si. The third-order valence-corrected chi connectivity index (χ3v) is 4.68. The molecule has 0 atom stereocenters. The average Bonchev–Trinajstić information content (AvgIpc) is 2.44. The summed E-state index contributed by atoms with van der Waals surface area (Å²) in [4.78, 5) is 0. The van der Waals surface area contributed by atoms with Crippen LogP contribution < -0.4 is 5.19 Å². The van der Waals surface area contributed by atoms with E-state index < -0.39 is 26.9 Å². The van der Waals surface area contributed by atoms with E-state index >= 15 is 0 Å². The van der Waals surface area contributed by atoms with Gasteiger partial charge in [-0.05, 0) is 20.8 Å². The Morgan fingerprint density at radius 1 is 0.938 bits per heavy atom. The number of rotatable bonds is 7. The number of benzene rings is 1. The Kier molecular flexibility index (Phi) is 3.23. The topological polar surface area (TPSA) is 27.7 Å². The second kappa shape index (κ2) is 6.80. The highest BCUT2D eigenvalue weighted by molar-refractivity contribution is 6.75. The lowest BCUT2D eigenvalue weighted by molar-refractivity contribution is 0.0859. The van der Waals surface area contributed by atoms with Gasteiger partial charge in [-0.15, -0.1) is 0 Å². The SMILES string of the molecule is [2H]c1c([2H])c([2H])c([Si](OCC)(OCC)OCC)c([2H])c1[2H]. The summed E-state index contributed by atoms with van der Waals surface area (Å²) >= 11 is 0. The van der Waals surface area contributed by atoms with Gasteiger partial charge in [-0.3, -0.25) is 0 Å². The summed E-state index contributed by atoms with van der Waals surface area (Å²) in [7, 11) is -3.54. The van der Waals surface area contributed by atoms with Gasteiger partial charge in [0.1, 0.15) is 0 Å². The van der Waals surface area contributed by atoms with E-state index in [1.54, 1.807) is 20.8 Å². The highest BCUT2D eigenvalue weighted by atomic mass is 28.4. The fourth-order valence-electron chi connectivity index (χ4n) is 1.31. The van der Waals surface area contributed by atoms with Crippen molar-refractivity contribution in [1.29, 1.82) is 0 Å². The predicted octanol–water partition coefficient (Wildman–Crippen LogP) is 1.94. The lowest BCUT2D eigenvalue weighted by Crippen LogP contribution is -2.56. The van der Waals surface area contributed by atoms with Crippen LogP contribution in [0.1, 0.15) is 27.6 Å². The molecule has 0 aliphatic rings. The van der Waals surface area contributed by atoms with E-state index in [1.165, 1.54) is 0 Å². The Morgan fingerprint density at radius 3 is 1.75 bits per heavy atom. The zero-order valence-electron chi connectivity index (χ0n) is 14.8. The molecule has 0 aliphatic carbocycles. The largest absolute Gasteiger partial charge is 0.537 e. The first-order chi connectivity index (χ1) is 9.86. The molecule has 0 saturated carbocycles. The number of hydrogen-bond acceptors (Lipinski definition) is 3. The molecule has 0 aliphatic heterocycles. The lowest BCUT2D eigenvalue weighted by atomic mass is 10.4. The van der Waals surface area contributed by atoms with Crippen LogP contribution in [0.5, 0.6) is 0 Å². The van der Waals surface area contributed by atoms with Crippen molar-refractivity contribution < 1.29 is 20.1 Å². The maximum atomic E-state index is 8.05. The summed E-state index contributed by atoms with van der Waals surface area (Å²) in [6, 6.07) is -1.93. The van der Waals surface area contributed by atoms with Crippen LogP contribution in [0.4, 0.5) is 0 Å². The Balaban J connectivity index is 3.64. The second-order valence-electron chi connectivity index (χ2n) is 2.86. The fraction of sp³-hybridized carbons (Fsp3) is 0.500. The highest BCUT2D eigenvalue weighted by Crippen LogP contribution is 2.10. The smallest absolute Gasteiger partial charge is 0.370 e. The molecule has 0 heterocycles. The Hall–Kier alpha value is -0.683. The van der Waals surface area contributed by atoms with Gasteiger partial charge in [0, 0.05) is 25.0 Å². The molecule has 4 heteroatoms. The first-order valence-corrected chi connectivity index (χ1v) is 7.07. The Morgan fingerprint density at radius 2 is 1.38 bits per heavy atom. The molecule has 0 N–H and O–H groups in total. The third-order valence-electron chi connectivity index (χ3n) is 1.81. The van der Waals surface area contributed by atoms with Gasteiger partial charge in [0.15, 0.2) is 0 Å². The molecule has 0 radical (unpaired) electrons. The van der Waals surface area contributed by atoms with Crippen LogP contribution in [0, 0.1) is 0 Å². The van der Waals surface area contributed by atoms with Gasteiger partial charge in [0.2, 0.25) is 0 Å². The van der Waals surface area contributed by atoms with Gasteiger partial charge >= 0.3 is 8.80 Å². The second-order valence-corrected chi connectivity index (χ2v) is 5.33. The van der Waals surface area contributed by atoms with Gasteiger partial charge in [0.05, 0.1) is 6.85 Å². The minimum Gasteiger partial charge on any atom is -0.370 e. The summed E-state index contributed by atoms with van der Waals surface area (Å²) in [5.41, 5.74) is 0. The van der Waals surface area contributed by atoms with Crippen LogP contribution in [-0.2, 0) is 13.3 Å². The fourth-order valence-corrected chi connectivity index (χ4v) is 3.57. The molecule has 1 rings (SSSR count). The molecule has 0 amide bonds. The Labute approximate surface area is 106 Å². The quantitative estimate of drug-likeness (QED) is 0.687. The van der Waals surface area contributed by atoms with Gasteiger partial charge in [-0.2, -0.15) is 0 Å². The average molecular weight is 245 g/mol. The first kappa shape index (κ1) is 7.61. The maximum absolute atomic E-state index is 8.05. The maximum Gasteiger partial charge on any atom is 0.537 e. The van der Waals surface area contributed by atoms with E-state index in [1.807, 2.05) is 0 Å². The van der Waals surface area contributed by atoms with Crippen LogP contribution >= 0.6 is 0 Å². The van der Waals surface area contributed by atoms with Crippen LogP contribution in [0.25, 0.3) is 0 Å². The number of hydrogen-bond donors (Lipinski definition) is 0. The summed E-state index contributed by atoms with van der Waals surface area (Å²) in [6.07, 6.45) is 0. The molecular weight excluding hydrogens is 220 g/mol. The summed E-state index contributed by atoms with van der Waals surface area (Å²) in [5, 5.41) is -0.000880. The summed E-state index contributed by atoms with van der Waals surface area (Å²) in [5.74, 6) is 0. The molecule has 0 bridgehead atoms. The highest BCUT2D eigenvalue weighted by Gasteiger charge is 2.42. The molecule has 3 nitrogen and oxygen atoms in total. The van der Waals surface area contributed by atoms with Crippen molar-refractivity contribution in [2.45, 2.75) is 20.8 Å². The standard InChI is InChI=1S/C12H20O3Si/c1-4-13-16(14-5-2,15-6-3)12-10-8-7-9-11-12/h7-11H,4-6H2,1-3H3/i7D,8D,9D,10D,11D. The molecule has 0 aromatic heterocycles. The van der Waals surface area contributed by atoms with Crippen molar-refractivity contribution in [3.63, 3.8) is 0 Å². The van der Waals surface area contributed by atoms with E-state index in [-0.39, 0.29) is 37.1 Å². The van der Waals surface area contributed by atoms with Gasteiger partial charge < -0.3 is 13.3 Å². The van der Waals surface area contributed by atoms with Crippen molar-refractivity contribution >= 4 is 14.0 Å². The molecule has 16 heavy (non-hydrogen) atoms. The molecule has 90 valence electrons. The molecule has 0 unspecified atom stereocenters. The first-order valence-electron chi connectivity index (χ1n) is 7.85. The molecule has 0 spiro atoms. The molecule has 1 aromatic carbocycles. The zero-order chi connectivity index (χ0) is 16.2. The lowest BCUT2D eigenvalue weighted by Gasteiger charge is -2.28. The minimum atomic E-state index is -3.54. The van der Waals surface area contributed by atoms with Crippen molar-refractivity contribution in [1.82, 2.24) is 0 Å². The van der Waals surface area contributed by atoms with E-state index in [9.17, 15) is 0 Å². The van der Waals surface area contributed by atoms with E-state index in [0.717, 1.165) is 0 Å². The van der Waals surface area contributed by atoms with Gasteiger partial charge in [-0.1, -0.05) is 30.2 Å². The molecule has 1 aromatic rings. The summed E-state index contributed by atoms with van der Waals surface area (Å²) < 4.78 is 56.2. The summed E-state index contributed by atoms with van der Waals surface area (Å²) in [6.45, 7) is 6.01. The van der Waals surface area contributed by atoms with E-state index in [4.69, 9.17) is 20.1 Å². The zero-order valence-corrected chi connectivity index (χ0v) is 10.8. The Bertz CT molecular complexity index is 466. The van der Waals surface area contributed by atoms with Crippen molar-refractivity contribution in [2.24, 2.45) is 0 Å². The molecule has 0 saturated heterocycles. The van der Waals surface area contributed by atoms with E-state index in [2.05, 4.69) is 0 Å². The van der Waals surface area contributed by atoms with Crippen LogP contribution in [0.15, 0.2) is 30.2 Å². The van der Waals surface area contributed by atoms with Crippen LogP contribution in [-0.4, -0.2) is 28.6 Å². The predicted molar refractivity (Wildman–Crippen MR) is 66.7 cm³/mol. The minimum absolute atomic E-state index is 0.000880. The van der Waals surface area contributed by atoms with Crippen molar-refractivity contribution in [3.8, 4) is 0 Å². The van der Waals surface area contributed by atoms with Gasteiger partial charge in [0.25, 0.3) is 0 Å². The van der Waals surface area contributed by atoms with Crippen LogP contribution in [0.2, 0.25) is 0 Å².